The van der Waals surface area contributed by atoms with Gasteiger partial charge in [0.1, 0.15) is 12.4 Å². The van der Waals surface area contributed by atoms with E-state index < -0.39 is 22.5 Å². The Balaban J connectivity index is 1.62. The fraction of sp³-hybridized carbons (Fsp3) is 0.174. The summed E-state index contributed by atoms with van der Waals surface area (Å²) in [7, 11) is -3.99. The number of nitrogens with one attached hydrogen (secondary N) is 1. The van der Waals surface area contributed by atoms with Gasteiger partial charge < -0.3 is 5.32 Å². The summed E-state index contributed by atoms with van der Waals surface area (Å²) in [6.07, 6.45) is 0. The summed E-state index contributed by atoms with van der Waals surface area (Å²) >= 11 is 13.3. The van der Waals surface area contributed by atoms with Crippen LogP contribution in [-0.4, -0.2) is 33.2 Å². The minimum atomic E-state index is -3.99. The number of sulfonamides is 1. The molecule has 0 saturated carbocycles. The Morgan fingerprint density at radius 1 is 0.970 bits per heavy atom. The Kier molecular flexibility index (Phi) is 9.02. The van der Waals surface area contributed by atoms with Crippen LogP contribution in [0, 0.1) is 5.82 Å². The molecule has 3 rings (SSSR count). The van der Waals surface area contributed by atoms with Crippen molar-refractivity contribution < 1.29 is 17.6 Å². The second-order valence-corrected chi connectivity index (χ2v) is 10.7. The van der Waals surface area contributed by atoms with Crippen LogP contribution in [0.4, 0.5) is 10.1 Å². The van der Waals surface area contributed by atoms with Crippen LogP contribution in [0.25, 0.3) is 0 Å². The lowest BCUT2D eigenvalue weighted by Gasteiger charge is -2.24. The number of hydrogen-bond acceptors (Lipinski definition) is 4. The molecule has 10 heteroatoms. The van der Waals surface area contributed by atoms with Crippen molar-refractivity contribution in [2.24, 2.45) is 0 Å². The molecular weight excluding hydrogens is 506 g/mol. The van der Waals surface area contributed by atoms with Gasteiger partial charge in [0, 0.05) is 33.7 Å². The summed E-state index contributed by atoms with van der Waals surface area (Å²) in [5.41, 5.74) is 0.783. The lowest BCUT2D eigenvalue weighted by Crippen LogP contribution is -2.41. The van der Waals surface area contributed by atoms with Gasteiger partial charge in [-0.15, -0.1) is 0 Å². The lowest BCUT2D eigenvalue weighted by atomic mass is 10.2. The number of hydrogen-bond donors (Lipinski definition) is 1. The highest BCUT2D eigenvalue weighted by molar-refractivity contribution is 7.98. The van der Waals surface area contributed by atoms with Crippen molar-refractivity contribution >= 4 is 56.6 Å². The van der Waals surface area contributed by atoms with Crippen LogP contribution in [0.15, 0.2) is 77.7 Å². The highest BCUT2D eigenvalue weighted by Gasteiger charge is 2.27. The molecule has 3 aromatic carbocycles. The first-order valence-electron chi connectivity index (χ1n) is 9.90. The van der Waals surface area contributed by atoms with E-state index in [-0.39, 0.29) is 10.7 Å². The molecule has 5 nitrogen and oxygen atoms in total. The number of thioether (sulfide) groups is 1. The van der Waals surface area contributed by atoms with Crippen molar-refractivity contribution in [1.29, 1.82) is 0 Å². The fourth-order valence-corrected chi connectivity index (χ4v) is 5.68. The van der Waals surface area contributed by atoms with Crippen LogP contribution >= 0.6 is 35.0 Å². The number of rotatable bonds is 10. The topological polar surface area (TPSA) is 66.5 Å². The summed E-state index contributed by atoms with van der Waals surface area (Å²) in [5, 5.41) is 3.49. The van der Waals surface area contributed by atoms with Gasteiger partial charge in [-0.05, 0) is 48.5 Å². The highest BCUT2D eigenvalue weighted by atomic mass is 35.5. The molecule has 0 radical (unpaired) electrons. The van der Waals surface area contributed by atoms with E-state index >= 15 is 0 Å². The van der Waals surface area contributed by atoms with Gasteiger partial charge in [0.25, 0.3) is 10.0 Å². The summed E-state index contributed by atoms with van der Waals surface area (Å²) in [6, 6.07) is 18.7. The molecule has 0 unspecified atom stereocenters. The van der Waals surface area contributed by atoms with Crippen LogP contribution in [-0.2, 0) is 20.6 Å². The first-order valence-corrected chi connectivity index (χ1v) is 13.2. The molecule has 0 atom stereocenters. The first kappa shape index (κ1) is 25.4. The zero-order valence-electron chi connectivity index (χ0n) is 17.4. The monoisotopic (exact) mass is 526 g/mol. The lowest BCUT2D eigenvalue weighted by molar-refractivity contribution is -0.119. The molecule has 0 spiro atoms. The maximum absolute atomic E-state index is 13.8. The van der Waals surface area contributed by atoms with Gasteiger partial charge in [-0.2, -0.15) is 11.8 Å². The van der Waals surface area contributed by atoms with E-state index in [0.717, 1.165) is 4.31 Å². The highest BCUT2D eigenvalue weighted by Crippen LogP contribution is 2.25. The van der Waals surface area contributed by atoms with E-state index in [4.69, 9.17) is 23.2 Å². The van der Waals surface area contributed by atoms with Crippen molar-refractivity contribution in [3.05, 3.63) is 94.2 Å². The largest absolute Gasteiger partial charge is 0.354 e. The zero-order chi connectivity index (χ0) is 23.8. The predicted molar refractivity (Wildman–Crippen MR) is 133 cm³/mol. The second-order valence-electron chi connectivity index (χ2n) is 6.90. The van der Waals surface area contributed by atoms with Crippen molar-refractivity contribution in [2.45, 2.75) is 10.6 Å². The number of nitrogens with zero attached hydrogens (tertiary/aromatic N) is 1. The predicted octanol–water partition coefficient (Wildman–Crippen LogP) is 5.38. The van der Waals surface area contributed by atoms with Crippen molar-refractivity contribution in [2.75, 3.05) is 23.1 Å². The molecule has 1 amide bonds. The van der Waals surface area contributed by atoms with Gasteiger partial charge in [0.15, 0.2) is 0 Å². The number of benzene rings is 3. The average molecular weight is 527 g/mol. The SMILES string of the molecule is O=C(CN(c1ccccc1)S(=O)(=O)c1ccc(Cl)cc1)NCCSCc1c(F)cccc1Cl. The molecule has 0 saturated heterocycles. The van der Waals surface area contributed by atoms with Crippen molar-refractivity contribution in [1.82, 2.24) is 5.32 Å². The molecule has 174 valence electrons. The molecule has 0 heterocycles. The van der Waals surface area contributed by atoms with Gasteiger partial charge >= 0.3 is 0 Å². The molecule has 0 aliphatic heterocycles. The molecule has 0 bridgehead atoms. The zero-order valence-corrected chi connectivity index (χ0v) is 20.5. The minimum Gasteiger partial charge on any atom is -0.354 e. The first-order chi connectivity index (χ1) is 15.8. The van der Waals surface area contributed by atoms with Crippen LogP contribution < -0.4 is 9.62 Å². The van der Waals surface area contributed by atoms with Gasteiger partial charge in [0.05, 0.1) is 10.6 Å². The Hall–Kier alpha value is -2.26. The van der Waals surface area contributed by atoms with Crippen LogP contribution in [0.1, 0.15) is 5.56 Å². The van der Waals surface area contributed by atoms with Gasteiger partial charge in [-0.3, -0.25) is 9.10 Å². The molecule has 0 aromatic heterocycles. The van der Waals surface area contributed by atoms with Gasteiger partial charge in [-0.25, -0.2) is 12.8 Å². The van der Waals surface area contributed by atoms with E-state index in [1.54, 1.807) is 42.5 Å². The number of amides is 1. The van der Waals surface area contributed by atoms with Crippen LogP contribution in [0.5, 0.6) is 0 Å². The molecule has 3 aromatic rings. The number of para-hydroxylation sites is 1. The summed E-state index contributed by atoms with van der Waals surface area (Å²) < 4.78 is 41.3. The Bertz CT molecular complexity index is 1170. The maximum Gasteiger partial charge on any atom is 0.264 e. The molecule has 0 fully saturated rings. The van der Waals surface area contributed by atoms with Gasteiger partial charge in [-0.1, -0.05) is 47.5 Å². The van der Waals surface area contributed by atoms with E-state index in [1.807, 2.05) is 0 Å². The quantitative estimate of drug-likeness (QED) is 0.360. The van der Waals surface area contributed by atoms with Gasteiger partial charge in [0.2, 0.25) is 5.91 Å². The Labute approximate surface area is 206 Å². The standard InChI is InChI=1S/C23H21Cl2FN2O3S2/c24-17-9-11-19(12-10-17)33(30,31)28(18-5-2-1-3-6-18)15-23(29)27-13-14-32-16-20-21(25)7-4-8-22(20)26/h1-12H,13-16H2,(H,27,29). The molecule has 33 heavy (non-hydrogen) atoms. The summed E-state index contributed by atoms with van der Waals surface area (Å²) in [5.74, 6) is 0.0413. The number of anilines is 1. The van der Waals surface area contributed by atoms with E-state index in [0.29, 0.717) is 39.3 Å². The third-order valence-corrected chi connectivity index (χ3v) is 7.99. The number of carbonyl (C=O) groups is 1. The van der Waals surface area contributed by atoms with E-state index in [9.17, 15) is 17.6 Å². The van der Waals surface area contributed by atoms with Crippen molar-refractivity contribution in [3.63, 3.8) is 0 Å². The Morgan fingerprint density at radius 3 is 2.33 bits per heavy atom. The third kappa shape index (κ3) is 6.86. The molecule has 0 aliphatic rings. The van der Waals surface area contributed by atoms with Crippen LogP contribution in [0.3, 0.4) is 0 Å². The summed E-state index contributed by atoms with van der Waals surface area (Å²) in [4.78, 5) is 12.6. The van der Waals surface area contributed by atoms with E-state index in [2.05, 4.69) is 5.32 Å². The second kappa shape index (κ2) is 11.7. The number of halogens is 3. The molecular formula is C23H21Cl2FN2O3S2. The van der Waals surface area contributed by atoms with E-state index in [1.165, 1.54) is 42.1 Å². The molecule has 1 N–H and O–H groups in total. The van der Waals surface area contributed by atoms with Crippen LogP contribution in [0.2, 0.25) is 10.0 Å². The Morgan fingerprint density at radius 2 is 1.67 bits per heavy atom. The third-order valence-electron chi connectivity index (χ3n) is 4.61. The maximum atomic E-state index is 13.8. The molecule has 0 aliphatic carbocycles. The normalized spacial score (nSPS) is 11.2. The average Bonchev–Trinajstić information content (AvgIpc) is 2.79. The number of carbonyl (C=O) groups excluding carboxylic acids is 1. The summed E-state index contributed by atoms with van der Waals surface area (Å²) in [6.45, 7) is -0.0992. The minimum absolute atomic E-state index is 0.0286. The fourth-order valence-electron chi connectivity index (χ4n) is 2.94. The smallest absolute Gasteiger partial charge is 0.264 e. The van der Waals surface area contributed by atoms with Crippen molar-refractivity contribution in [3.8, 4) is 0 Å².